The van der Waals surface area contributed by atoms with Crippen LogP contribution in [-0.4, -0.2) is 36.4 Å². The van der Waals surface area contributed by atoms with Crippen molar-refractivity contribution in [1.82, 2.24) is 0 Å². The fraction of sp³-hybridized carbons (Fsp3) is 0.911. The summed E-state index contributed by atoms with van der Waals surface area (Å²) in [7, 11) is 0. The van der Waals surface area contributed by atoms with Gasteiger partial charge in [0.2, 0.25) is 0 Å². The molecule has 0 radical (unpaired) electrons. The van der Waals surface area contributed by atoms with Crippen LogP contribution in [0.25, 0.3) is 0 Å². The van der Waals surface area contributed by atoms with Gasteiger partial charge in [0.25, 0.3) is 0 Å². The van der Waals surface area contributed by atoms with E-state index in [9.17, 15) is 14.7 Å². The van der Waals surface area contributed by atoms with Gasteiger partial charge in [-0.2, -0.15) is 0 Å². The number of hydrogen-bond acceptors (Lipinski definition) is 5. The molecule has 0 aromatic heterocycles. The SMILES string of the molecule is CCCCCCCC/C=C\CCCCCCCCCC(=O)OC[C@H](CO)OC(=O)CCCCCCCCCCCCCCCCCCCCC. The largest absolute Gasteiger partial charge is 0.462 e. The summed E-state index contributed by atoms with van der Waals surface area (Å²) in [6.45, 7) is 4.16. The molecule has 0 fully saturated rings. The third-order valence-corrected chi connectivity index (χ3v) is 10.1. The zero-order valence-corrected chi connectivity index (χ0v) is 33.7. The van der Waals surface area contributed by atoms with Gasteiger partial charge in [-0.1, -0.05) is 206 Å². The molecule has 0 aliphatic carbocycles. The Balaban J connectivity index is 3.48. The van der Waals surface area contributed by atoms with Gasteiger partial charge in [0.05, 0.1) is 6.61 Å². The summed E-state index contributed by atoms with van der Waals surface area (Å²) >= 11 is 0. The first-order valence-corrected chi connectivity index (χ1v) is 22.2. The third kappa shape index (κ3) is 39.4. The van der Waals surface area contributed by atoms with E-state index < -0.39 is 6.10 Å². The Bertz CT molecular complexity index is 720. The average Bonchev–Trinajstić information content (AvgIpc) is 3.12. The molecule has 0 aromatic carbocycles. The standard InChI is InChI=1S/C45H86O5/c1-3-5-7-9-11-13-15-17-19-21-22-24-26-28-30-32-34-36-38-40-45(48)50-43(41-46)42-49-44(47)39-37-35-33-31-29-27-25-23-20-18-16-14-12-10-8-6-4-2/h18,20,43,46H,3-17,19,21-42H2,1-2H3/b20-18-/t43-/m0/s1. The molecule has 5 heteroatoms. The smallest absolute Gasteiger partial charge is 0.306 e. The molecule has 0 unspecified atom stereocenters. The van der Waals surface area contributed by atoms with Crippen molar-refractivity contribution in [3.63, 3.8) is 0 Å². The zero-order valence-electron chi connectivity index (χ0n) is 33.7. The van der Waals surface area contributed by atoms with E-state index in [1.807, 2.05) is 0 Å². The van der Waals surface area contributed by atoms with Crippen molar-refractivity contribution in [2.75, 3.05) is 13.2 Å². The van der Waals surface area contributed by atoms with E-state index in [4.69, 9.17) is 9.47 Å². The molecule has 0 aliphatic heterocycles. The lowest BCUT2D eigenvalue weighted by molar-refractivity contribution is -0.161. The Morgan fingerprint density at radius 1 is 0.440 bits per heavy atom. The monoisotopic (exact) mass is 707 g/mol. The summed E-state index contributed by atoms with van der Waals surface area (Å²) in [5, 5.41) is 9.58. The Morgan fingerprint density at radius 3 is 1.08 bits per heavy atom. The minimum absolute atomic E-state index is 0.0618. The Morgan fingerprint density at radius 2 is 0.740 bits per heavy atom. The quantitative estimate of drug-likeness (QED) is 0.0389. The average molecular weight is 707 g/mol. The van der Waals surface area contributed by atoms with E-state index in [1.54, 1.807) is 0 Å². The van der Waals surface area contributed by atoms with Gasteiger partial charge in [0.1, 0.15) is 6.61 Å². The molecular weight excluding hydrogens is 620 g/mol. The van der Waals surface area contributed by atoms with Crippen LogP contribution in [0.15, 0.2) is 12.2 Å². The van der Waals surface area contributed by atoms with E-state index >= 15 is 0 Å². The van der Waals surface area contributed by atoms with E-state index in [1.165, 1.54) is 180 Å². The highest BCUT2D eigenvalue weighted by atomic mass is 16.6. The maximum atomic E-state index is 12.2. The molecule has 0 saturated carbocycles. The number of aliphatic hydroxyl groups excluding tert-OH is 1. The molecule has 0 heterocycles. The second-order valence-corrected chi connectivity index (χ2v) is 15.1. The van der Waals surface area contributed by atoms with Crippen molar-refractivity contribution < 1.29 is 24.2 Å². The number of ether oxygens (including phenoxy) is 2. The summed E-state index contributed by atoms with van der Waals surface area (Å²) in [6.07, 6.45) is 48.5. The summed E-state index contributed by atoms with van der Waals surface area (Å²) in [6, 6.07) is 0. The number of allylic oxidation sites excluding steroid dienone is 2. The summed E-state index contributed by atoms with van der Waals surface area (Å²) in [4.78, 5) is 24.3. The van der Waals surface area contributed by atoms with Crippen molar-refractivity contribution in [3.8, 4) is 0 Å². The molecule has 1 atom stereocenters. The van der Waals surface area contributed by atoms with Crippen LogP contribution >= 0.6 is 0 Å². The predicted octanol–water partition coefficient (Wildman–Crippen LogP) is 14.1. The lowest BCUT2D eigenvalue weighted by atomic mass is 10.0. The van der Waals surface area contributed by atoms with Crippen molar-refractivity contribution in [2.24, 2.45) is 0 Å². The summed E-state index contributed by atoms with van der Waals surface area (Å²) in [5.41, 5.74) is 0. The maximum absolute atomic E-state index is 12.2. The fourth-order valence-corrected chi connectivity index (χ4v) is 6.67. The number of carbonyl (C=O) groups excluding carboxylic acids is 2. The lowest BCUT2D eigenvalue weighted by Crippen LogP contribution is -2.28. The molecule has 0 amide bonds. The minimum atomic E-state index is -0.767. The molecular formula is C45H86O5. The first kappa shape index (κ1) is 48.6. The van der Waals surface area contributed by atoms with Gasteiger partial charge in [-0.25, -0.2) is 0 Å². The van der Waals surface area contributed by atoms with Crippen LogP contribution in [0.4, 0.5) is 0 Å². The topological polar surface area (TPSA) is 72.8 Å². The van der Waals surface area contributed by atoms with E-state index in [0.717, 1.165) is 38.5 Å². The van der Waals surface area contributed by atoms with Crippen LogP contribution in [0.1, 0.15) is 245 Å². The minimum Gasteiger partial charge on any atom is -0.462 e. The summed E-state index contributed by atoms with van der Waals surface area (Å²) in [5.74, 6) is -0.581. The molecule has 0 saturated heterocycles. The van der Waals surface area contributed by atoms with Gasteiger partial charge in [-0.05, 0) is 38.5 Å². The van der Waals surface area contributed by atoms with Crippen LogP contribution < -0.4 is 0 Å². The molecule has 50 heavy (non-hydrogen) atoms. The van der Waals surface area contributed by atoms with Gasteiger partial charge >= 0.3 is 11.9 Å². The highest BCUT2D eigenvalue weighted by Gasteiger charge is 2.16. The molecule has 5 nitrogen and oxygen atoms in total. The van der Waals surface area contributed by atoms with Crippen molar-refractivity contribution in [3.05, 3.63) is 12.2 Å². The molecule has 0 spiro atoms. The second kappa shape index (κ2) is 42.1. The number of rotatable bonds is 41. The van der Waals surface area contributed by atoms with E-state index in [-0.39, 0.29) is 25.2 Å². The van der Waals surface area contributed by atoms with Crippen LogP contribution in [0.3, 0.4) is 0 Å². The second-order valence-electron chi connectivity index (χ2n) is 15.1. The molecule has 0 aromatic rings. The predicted molar refractivity (Wildman–Crippen MR) is 215 cm³/mol. The zero-order chi connectivity index (χ0) is 36.4. The number of aliphatic hydroxyl groups is 1. The molecule has 1 N–H and O–H groups in total. The van der Waals surface area contributed by atoms with Crippen LogP contribution in [0.2, 0.25) is 0 Å². The number of hydrogen-bond donors (Lipinski definition) is 1. The third-order valence-electron chi connectivity index (χ3n) is 10.1. The van der Waals surface area contributed by atoms with E-state index in [0.29, 0.717) is 12.8 Å². The molecule has 0 bridgehead atoms. The lowest BCUT2D eigenvalue weighted by Gasteiger charge is -2.15. The molecule has 0 aliphatic rings. The molecule has 0 rings (SSSR count). The highest BCUT2D eigenvalue weighted by molar-refractivity contribution is 5.70. The van der Waals surface area contributed by atoms with Crippen LogP contribution in [0, 0.1) is 0 Å². The Labute approximate surface area is 311 Å². The number of carbonyl (C=O) groups is 2. The highest BCUT2D eigenvalue weighted by Crippen LogP contribution is 2.16. The number of esters is 2. The first-order chi connectivity index (χ1) is 24.6. The van der Waals surface area contributed by atoms with Crippen molar-refractivity contribution >= 4 is 11.9 Å². The maximum Gasteiger partial charge on any atom is 0.306 e. The normalized spacial score (nSPS) is 12.1. The molecule has 296 valence electrons. The fourth-order valence-electron chi connectivity index (χ4n) is 6.67. The van der Waals surface area contributed by atoms with Gasteiger partial charge < -0.3 is 14.6 Å². The number of unbranched alkanes of at least 4 members (excludes halogenated alkanes) is 31. The van der Waals surface area contributed by atoms with Gasteiger partial charge in [-0.15, -0.1) is 0 Å². The van der Waals surface area contributed by atoms with Gasteiger partial charge in [0.15, 0.2) is 6.10 Å². The van der Waals surface area contributed by atoms with Crippen molar-refractivity contribution in [2.45, 2.75) is 251 Å². The Kier molecular flexibility index (Phi) is 40.9. The summed E-state index contributed by atoms with van der Waals surface area (Å²) < 4.78 is 10.6. The van der Waals surface area contributed by atoms with E-state index in [2.05, 4.69) is 26.0 Å². The van der Waals surface area contributed by atoms with Gasteiger partial charge in [-0.3, -0.25) is 9.59 Å². The van der Waals surface area contributed by atoms with Crippen LogP contribution in [0.5, 0.6) is 0 Å². The van der Waals surface area contributed by atoms with Crippen LogP contribution in [-0.2, 0) is 19.1 Å². The Hall–Kier alpha value is -1.36. The van der Waals surface area contributed by atoms with Gasteiger partial charge in [0, 0.05) is 12.8 Å². The van der Waals surface area contributed by atoms with Crippen molar-refractivity contribution in [1.29, 1.82) is 0 Å². The first-order valence-electron chi connectivity index (χ1n) is 22.2.